The molecule has 5 heavy (non-hydrogen) atoms. The third kappa shape index (κ3) is 36.4. The van der Waals surface area contributed by atoms with Crippen molar-refractivity contribution in [1.82, 2.24) is 0 Å². The molecule has 0 bridgehead atoms. The second kappa shape index (κ2) is 62.6. The van der Waals surface area contributed by atoms with Crippen molar-refractivity contribution in [3.63, 3.8) is 0 Å². The summed E-state index contributed by atoms with van der Waals surface area (Å²) < 4.78 is 0. The van der Waals surface area contributed by atoms with Gasteiger partial charge in [0.1, 0.15) is 0 Å². The fourth-order valence-electron chi connectivity index (χ4n) is 0. The van der Waals surface area contributed by atoms with Crippen molar-refractivity contribution in [1.29, 1.82) is 0 Å². The maximum absolute atomic E-state index is 0. The van der Waals surface area contributed by atoms with Crippen LogP contribution in [0.2, 0.25) is 0 Å². The summed E-state index contributed by atoms with van der Waals surface area (Å²) in [5.41, 5.74) is 0. The van der Waals surface area contributed by atoms with Crippen LogP contribution in [0, 0.1) is 0 Å². The minimum absolute atomic E-state index is 0. The van der Waals surface area contributed by atoms with Gasteiger partial charge in [0.05, 0.1) is 0 Å². The Labute approximate surface area is 57.7 Å². The minimum atomic E-state index is 0. The van der Waals surface area contributed by atoms with Crippen molar-refractivity contribution in [2.45, 2.75) is 0 Å². The first-order valence-electron chi connectivity index (χ1n) is 0. The van der Waals surface area contributed by atoms with Gasteiger partial charge >= 0.3 is 18.9 Å². The van der Waals surface area contributed by atoms with Crippen LogP contribution in [0.4, 0.5) is 0 Å². The first-order valence-corrected chi connectivity index (χ1v) is 0. The van der Waals surface area contributed by atoms with Crippen LogP contribution in [0.25, 0.3) is 0 Å². The SMILES string of the molecule is [Li+].[O-2].[OH-].[OH-].[Ta]. The van der Waals surface area contributed by atoms with Crippen LogP contribution in [-0.4, -0.2) is 11.0 Å². The third-order valence-corrected chi connectivity index (χ3v) is 0. The van der Waals surface area contributed by atoms with Crippen LogP contribution in [0.5, 0.6) is 0 Å². The quantitative estimate of drug-likeness (QED) is 0.410. The van der Waals surface area contributed by atoms with Gasteiger partial charge in [0.25, 0.3) is 0 Å². The molecular formula is H2LiO3Ta-3. The summed E-state index contributed by atoms with van der Waals surface area (Å²) in [4.78, 5) is 0. The molecule has 29 valence electrons. The fraction of sp³-hybridized carbons (Fsp3) is 0. The zero-order valence-corrected chi connectivity index (χ0v) is 5.96. The molecule has 0 spiro atoms. The molecule has 0 amide bonds. The fourth-order valence-corrected chi connectivity index (χ4v) is 0. The van der Waals surface area contributed by atoms with E-state index in [2.05, 4.69) is 0 Å². The topological polar surface area (TPSA) is 88.5 Å². The van der Waals surface area contributed by atoms with Crippen LogP contribution in [0.15, 0.2) is 0 Å². The summed E-state index contributed by atoms with van der Waals surface area (Å²) >= 11 is 0. The molecular weight excluding hydrogens is 236 g/mol. The molecule has 0 saturated heterocycles. The molecule has 0 saturated carbocycles. The Balaban J connectivity index is 0. The molecule has 0 aromatic rings. The van der Waals surface area contributed by atoms with E-state index in [4.69, 9.17) is 0 Å². The Morgan fingerprint density at radius 1 is 0.800 bits per heavy atom. The van der Waals surface area contributed by atoms with Gasteiger partial charge in [-0.1, -0.05) is 0 Å². The van der Waals surface area contributed by atoms with Crippen molar-refractivity contribution in [2.75, 3.05) is 0 Å². The molecule has 0 aliphatic rings. The van der Waals surface area contributed by atoms with Gasteiger partial charge in [-0.2, -0.15) is 0 Å². The van der Waals surface area contributed by atoms with Gasteiger partial charge in [0.2, 0.25) is 0 Å². The van der Waals surface area contributed by atoms with E-state index >= 15 is 0 Å². The summed E-state index contributed by atoms with van der Waals surface area (Å²) in [6.07, 6.45) is 0. The van der Waals surface area contributed by atoms with Crippen molar-refractivity contribution < 1.29 is 57.7 Å². The molecule has 0 aliphatic carbocycles. The number of hydrogen-bond donors (Lipinski definition) is 0. The summed E-state index contributed by atoms with van der Waals surface area (Å²) in [7, 11) is 0. The Bertz CT molecular complexity index is 6.85. The maximum atomic E-state index is 0. The van der Waals surface area contributed by atoms with Gasteiger partial charge in [-0.3, -0.25) is 0 Å². The van der Waals surface area contributed by atoms with E-state index in [1.807, 2.05) is 0 Å². The predicted octanol–water partition coefficient (Wildman–Crippen LogP) is -3.47. The van der Waals surface area contributed by atoms with Crippen LogP contribution in [-0.2, 0) is 27.9 Å². The molecule has 1 radical (unpaired) electrons. The van der Waals surface area contributed by atoms with E-state index in [0.29, 0.717) is 0 Å². The predicted molar refractivity (Wildman–Crippen MR) is 4.56 cm³/mol. The van der Waals surface area contributed by atoms with Gasteiger partial charge in [-0.05, 0) is 0 Å². The van der Waals surface area contributed by atoms with Crippen molar-refractivity contribution in [3.05, 3.63) is 0 Å². The van der Waals surface area contributed by atoms with Gasteiger partial charge in [0.15, 0.2) is 0 Å². The summed E-state index contributed by atoms with van der Waals surface area (Å²) in [5.74, 6) is 0. The first-order chi connectivity index (χ1) is 0. The van der Waals surface area contributed by atoms with Crippen molar-refractivity contribution >= 4 is 0 Å². The maximum Gasteiger partial charge on any atom is 1.00 e. The van der Waals surface area contributed by atoms with Gasteiger partial charge in [-0.15, -0.1) is 0 Å². The second-order valence-corrected chi connectivity index (χ2v) is 0. The van der Waals surface area contributed by atoms with Crippen molar-refractivity contribution in [2.24, 2.45) is 0 Å². The molecule has 0 aromatic carbocycles. The largest absolute Gasteiger partial charge is 2.00 e. The monoisotopic (exact) mass is 238 g/mol. The Kier molecular flexibility index (Phi) is 1430. The minimum Gasteiger partial charge on any atom is -2.00 e. The molecule has 0 rings (SSSR count). The summed E-state index contributed by atoms with van der Waals surface area (Å²) in [6.45, 7) is 0. The Morgan fingerprint density at radius 2 is 0.800 bits per heavy atom. The smallest absolute Gasteiger partial charge is 1.00 e. The van der Waals surface area contributed by atoms with E-state index in [-0.39, 0.29) is 57.7 Å². The van der Waals surface area contributed by atoms with E-state index in [9.17, 15) is 0 Å². The molecule has 0 heterocycles. The standard InChI is InChI=1S/Li.2H2O.O.Ta/h;2*1H2;;/q+1;;;-2;/p-2. The normalized spacial score (nSPS) is 0. The molecule has 5 heteroatoms. The third-order valence-electron chi connectivity index (χ3n) is 0. The molecule has 3 nitrogen and oxygen atoms in total. The van der Waals surface area contributed by atoms with Crippen LogP contribution in [0.1, 0.15) is 0 Å². The molecule has 0 aromatic heterocycles. The summed E-state index contributed by atoms with van der Waals surface area (Å²) in [6, 6.07) is 0. The molecule has 0 fully saturated rings. The van der Waals surface area contributed by atoms with Gasteiger partial charge in [-0.25, -0.2) is 0 Å². The van der Waals surface area contributed by atoms with E-state index in [1.165, 1.54) is 0 Å². The number of rotatable bonds is 0. The van der Waals surface area contributed by atoms with Crippen molar-refractivity contribution in [3.8, 4) is 0 Å². The molecule has 0 aliphatic heterocycles. The van der Waals surface area contributed by atoms with Crippen LogP contribution < -0.4 is 18.9 Å². The van der Waals surface area contributed by atoms with Crippen LogP contribution in [0.3, 0.4) is 0 Å². The van der Waals surface area contributed by atoms with E-state index in [0.717, 1.165) is 0 Å². The van der Waals surface area contributed by atoms with E-state index in [1.54, 1.807) is 0 Å². The first kappa shape index (κ1) is 114. The Morgan fingerprint density at radius 3 is 0.800 bits per heavy atom. The average molecular weight is 238 g/mol. The molecule has 0 unspecified atom stereocenters. The second-order valence-electron chi connectivity index (χ2n) is 0. The van der Waals surface area contributed by atoms with Gasteiger partial charge < -0.3 is 16.4 Å². The number of hydrogen-bond acceptors (Lipinski definition) is 2. The average Bonchev–Trinajstić information content (AvgIpc) is 0. The van der Waals surface area contributed by atoms with Crippen LogP contribution >= 0.6 is 0 Å². The summed E-state index contributed by atoms with van der Waals surface area (Å²) in [5, 5.41) is 0. The zero-order chi connectivity index (χ0) is 0. The van der Waals surface area contributed by atoms with Gasteiger partial charge in [0, 0.05) is 22.4 Å². The van der Waals surface area contributed by atoms with E-state index < -0.39 is 0 Å². The zero-order valence-electron chi connectivity index (χ0n) is 2.75. The molecule has 2 N–H and O–H groups in total. The molecule has 0 atom stereocenters. The Hall–Kier alpha value is 1.22.